The van der Waals surface area contributed by atoms with E-state index in [0.717, 1.165) is 38.2 Å². The molecule has 0 N–H and O–H groups in total. The van der Waals surface area contributed by atoms with Crippen LogP contribution in [-0.2, 0) is 0 Å². The first-order valence-electron chi connectivity index (χ1n) is 7.90. The van der Waals surface area contributed by atoms with Crippen molar-refractivity contribution in [2.75, 3.05) is 0 Å². The van der Waals surface area contributed by atoms with Crippen LogP contribution in [0.15, 0.2) is 61.3 Å². The molecule has 0 bridgehead atoms. The maximum Gasteiger partial charge on any atom is 0.162 e. The fraction of sp³-hybridized carbons (Fsp3) is 0.0526. The molecule has 0 fully saturated rings. The minimum absolute atomic E-state index is 0.827. The minimum atomic E-state index is 0.827. The van der Waals surface area contributed by atoms with E-state index in [0.29, 0.717) is 0 Å². The molecule has 0 saturated heterocycles. The average molecular weight is 343 g/mol. The van der Waals surface area contributed by atoms with Gasteiger partial charge in [0.25, 0.3) is 0 Å². The summed E-state index contributed by atoms with van der Waals surface area (Å²) < 4.78 is 1.82. The largest absolute Gasteiger partial charge is 0.256 e. The summed E-state index contributed by atoms with van der Waals surface area (Å²) in [4.78, 5) is 14.7. The van der Waals surface area contributed by atoms with E-state index in [1.54, 1.807) is 11.3 Å². The molecule has 6 heteroatoms. The Labute approximate surface area is 147 Å². The van der Waals surface area contributed by atoms with E-state index < -0.39 is 0 Å². The van der Waals surface area contributed by atoms with Crippen molar-refractivity contribution in [3.05, 3.63) is 66.2 Å². The quantitative estimate of drug-likeness (QED) is 0.477. The summed E-state index contributed by atoms with van der Waals surface area (Å²) in [7, 11) is 0. The molecular formula is C19H13N5S. The van der Waals surface area contributed by atoms with Gasteiger partial charge in [-0.05, 0) is 24.6 Å². The highest BCUT2D eigenvalue weighted by Crippen LogP contribution is 2.31. The maximum absolute atomic E-state index is 4.66. The van der Waals surface area contributed by atoms with Gasteiger partial charge in [-0.15, -0.1) is 11.3 Å². The summed E-state index contributed by atoms with van der Waals surface area (Å²) in [6.45, 7) is 2.05. The number of hydrogen-bond donors (Lipinski definition) is 0. The van der Waals surface area contributed by atoms with E-state index >= 15 is 0 Å². The lowest BCUT2D eigenvalue weighted by molar-refractivity contribution is 0.941. The monoisotopic (exact) mass is 343 g/mol. The summed E-state index contributed by atoms with van der Waals surface area (Å²) in [5.74, 6) is 0. The van der Waals surface area contributed by atoms with Gasteiger partial charge in [0.2, 0.25) is 0 Å². The molecule has 0 aliphatic rings. The van der Waals surface area contributed by atoms with Gasteiger partial charge in [0, 0.05) is 46.2 Å². The summed E-state index contributed by atoms with van der Waals surface area (Å²) >= 11 is 1.65. The Kier molecular flexibility index (Phi) is 3.11. The molecule has 0 aliphatic heterocycles. The molecule has 1 aromatic carbocycles. The lowest BCUT2D eigenvalue weighted by Gasteiger charge is -2.04. The average Bonchev–Trinajstić information content (AvgIpc) is 3.27. The first kappa shape index (κ1) is 14.2. The van der Waals surface area contributed by atoms with Crippen LogP contribution in [0.25, 0.3) is 38.2 Å². The third-order valence-corrected chi connectivity index (χ3v) is 5.13. The zero-order valence-electron chi connectivity index (χ0n) is 13.4. The highest BCUT2D eigenvalue weighted by atomic mass is 32.1. The van der Waals surface area contributed by atoms with E-state index in [2.05, 4.69) is 26.1 Å². The predicted molar refractivity (Wildman–Crippen MR) is 99.6 cm³/mol. The van der Waals surface area contributed by atoms with Crippen molar-refractivity contribution < 1.29 is 0 Å². The molecular weight excluding hydrogens is 330 g/mol. The molecule has 5 aromatic rings. The molecule has 0 aliphatic carbocycles. The molecule has 0 saturated carbocycles. The second-order valence-corrected chi connectivity index (χ2v) is 7.06. The molecule has 0 radical (unpaired) electrons. The highest BCUT2D eigenvalue weighted by Gasteiger charge is 2.13. The van der Waals surface area contributed by atoms with Crippen LogP contribution in [0.3, 0.4) is 0 Å². The fourth-order valence-corrected chi connectivity index (χ4v) is 3.73. The molecule has 5 nitrogen and oxygen atoms in total. The molecule has 25 heavy (non-hydrogen) atoms. The third kappa shape index (κ3) is 2.30. The molecule has 4 heterocycles. The zero-order chi connectivity index (χ0) is 16.8. The van der Waals surface area contributed by atoms with Crippen LogP contribution in [0, 0.1) is 6.92 Å². The number of thiazole rings is 1. The number of pyridine rings is 1. The third-order valence-electron chi connectivity index (χ3n) is 4.16. The Balaban J connectivity index is 1.70. The Hall–Kier alpha value is -3.12. The van der Waals surface area contributed by atoms with Crippen molar-refractivity contribution in [2.45, 2.75) is 6.92 Å². The molecule has 0 atom stereocenters. The lowest BCUT2D eigenvalue weighted by atomic mass is 10.0. The van der Waals surface area contributed by atoms with Gasteiger partial charge in [0.1, 0.15) is 5.01 Å². The lowest BCUT2D eigenvalue weighted by Crippen LogP contribution is -1.92. The van der Waals surface area contributed by atoms with Crippen molar-refractivity contribution >= 4 is 27.9 Å². The van der Waals surface area contributed by atoms with Crippen LogP contribution < -0.4 is 0 Å². The summed E-state index contributed by atoms with van der Waals surface area (Å²) in [6.07, 6.45) is 9.41. The Morgan fingerprint density at radius 3 is 2.72 bits per heavy atom. The first-order chi connectivity index (χ1) is 12.3. The predicted octanol–water partition coefficient (Wildman–Crippen LogP) is 4.38. The molecule has 0 spiro atoms. The van der Waals surface area contributed by atoms with Gasteiger partial charge in [-0.1, -0.05) is 18.2 Å². The van der Waals surface area contributed by atoms with Crippen LogP contribution in [0.1, 0.15) is 4.88 Å². The standard InChI is InChI=1S/C19H13N5S/c1-12-8-22-19(25-12)13-9-21-18-16(10-23-24(18)11-13)14-6-7-20-17-5-3-2-4-15(14)17/h2-11H,1H3. The topological polar surface area (TPSA) is 56.0 Å². The van der Waals surface area contributed by atoms with Crippen molar-refractivity contribution in [3.63, 3.8) is 0 Å². The van der Waals surface area contributed by atoms with Crippen LogP contribution in [0.5, 0.6) is 0 Å². The van der Waals surface area contributed by atoms with E-state index in [-0.39, 0.29) is 0 Å². The van der Waals surface area contributed by atoms with Gasteiger partial charge < -0.3 is 0 Å². The fourth-order valence-electron chi connectivity index (χ4n) is 2.99. The number of rotatable bonds is 2. The molecule has 4 aromatic heterocycles. The van der Waals surface area contributed by atoms with Crippen LogP contribution >= 0.6 is 11.3 Å². The van der Waals surface area contributed by atoms with Gasteiger partial charge in [0.05, 0.1) is 11.7 Å². The van der Waals surface area contributed by atoms with Crippen molar-refractivity contribution in [3.8, 4) is 21.7 Å². The number of hydrogen-bond acceptors (Lipinski definition) is 5. The molecule has 0 unspecified atom stereocenters. The zero-order valence-corrected chi connectivity index (χ0v) is 14.2. The van der Waals surface area contributed by atoms with Gasteiger partial charge in [-0.25, -0.2) is 14.5 Å². The Bertz CT molecular complexity index is 1220. The first-order valence-corrected chi connectivity index (χ1v) is 8.71. The normalized spacial score (nSPS) is 11.4. The second-order valence-electron chi connectivity index (χ2n) is 5.82. The SMILES string of the molecule is Cc1cnc(-c2cnc3c(-c4ccnc5ccccc45)cnn3c2)s1. The number of aromatic nitrogens is 5. The van der Waals surface area contributed by atoms with Crippen molar-refractivity contribution in [2.24, 2.45) is 0 Å². The minimum Gasteiger partial charge on any atom is -0.256 e. The van der Waals surface area contributed by atoms with Gasteiger partial charge in [-0.3, -0.25) is 4.98 Å². The Morgan fingerprint density at radius 2 is 1.84 bits per heavy atom. The maximum atomic E-state index is 4.66. The van der Waals surface area contributed by atoms with Crippen LogP contribution in [0.2, 0.25) is 0 Å². The molecule has 5 rings (SSSR count). The Morgan fingerprint density at radius 1 is 0.920 bits per heavy atom. The van der Waals surface area contributed by atoms with Gasteiger partial charge in [0.15, 0.2) is 5.65 Å². The summed E-state index contributed by atoms with van der Waals surface area (Å²) in [6, 6.07) is 10.1. The van der Waals surface area contributed by atoms with E-state index in [1.807, 2.05) is 66.7 Å². The number of fused-ring (bicyclic) bond motifs is 2. The highest BCUT2D eigenvalue weighted by molar-refractivity contribution is 7.14. The number of benzene rings is 1. The van der Waals surface area contributed by atoms with Gasteiger partial charge in [-0.2, -0.15) is 5.10 Å². The summed E-state index contributed by atoms with van der Waals surface area (Å²) in [5, 5.41) is 6.56. The summed E-state index contributed by atoms with van der Waals surface area (Å²) in [5.41, 5.74) is 4.86. The van der Waals surface area contributed by atoms with Crippen molar-refractivity contribution in [1.82, 2.24) is 24.6 Å². The van der Waals surface area contributed by atoms with E-state index in [4.69, 9.17) is 0 Å². The molecule has 120 valence electrons. The van der Waals surface area contributed by atoms with Gasteiger partial charge >= 0.3 is 0 Å². The van der Waals surface area contributed by atoms with Crippen molar-refractivity contribution in [1.29, 1.82) is 0 Å². The van der Waals surface area contributed by atoms with Crippen LogP contribution in [-0.4, -0.2) is 24.6 Å². The molecule has 0 amide bonds. The number of nitrogens with zero attached hydrogens (tertiary/aromatic N) is 5. The number of aryl methyl sites for hydroxylation is 1. The smallest absolute Gasteiger partial charge is 0.162 e. The van der Waals surface area contributed by atoms with E-state index in [9.17, 15) is 0 Å². The second kappa shape index (κ2) is 5.46. The van der Waals surface area contributed by atoms with Crippen LogP contribution in [0.4, 0.5) is 0 Å². The number of para-hydroxylation sites is 1. The van der Waals surface area contributed by atoms with E-state index in [1.165, 1.54) is 4.88 Å².